The zero-order chi connectivity index (χ0) is 12.3. The lowest BCUT2D eigenvalue weighted by molar-refractivity contribution is -0.385. The summed E-state index contributed by atoms with van der Waals surface area (Å²) < 4.78 is 4.91. The Hall–Kier alpha value is -0.950. The van der Waals surface area contributed by atoms with Crippen LogP contribution >= 0.6 is 31.9 Å². The molecule has 0 unspecified atom stereocenters. The van der Waals surface area contributed by atoms with Crippen molar-refractivity contribution < 1.29 is 14.5 Å². The lowest BCUT2D eigenvalue weighted by Crippen LogP contribution is -2.04. The second-order valence-corrected chi connectivity index (χ2v) is 4.26. The minimum atomic E-state index is -0.538. The molecule has 16 heavy (non-hydrogen) atoms. The Kier molecular flexibility index (Phi) is 4.43. The molecule has 0 aromatic heterocycles. The number of methoxy groups -OCH3 is 1. The van der Waals surface area contributed by atoms with E-state index in [1.807, 2.05) is 0 Å². The van der Waals surface area contributed by atoms with Crippen LogP contribution < -0.4 is 0 Å². The van der Waals surface area contributed by atoms with Crippen LogP contribution in [0.4, 0.5) is 5.69 Å². The van der Waals surface area contributed by atoms with Gasteiger partial charge >= 0.3 is 5.97 Å². The van der Waals surface area contributed by atoms with Crippen LogP contribution in [0.1, 0.15) is 15.9 Å². The summed E-state index contributed by atoms with van der Waals surface area (Å²) in [6.07, 6.45) is 0. The molecular weight excluding hydrogens is 346 g/mol. The molecule has 1 rings (SSSR count). The number of ether oxygens (including phenoxy) is 1. The third kappa shape index (κ3) is 2.59. The van der Waals surface area contributed by atoms with Gasteiger partial charge in [0.1, 0.15) is 0 Å². The highest BCUT2D eigenvalue weighted by molar-refractivity contribution is 9.10. The van der Waals surface area contributed by atoms with Crippen molar-refractivity contribution in [3.8, 4) is 0 Å². The smallest absolute Gasteiger partial charge is 0.339 e. The van der Waals surface area contributed by atoms with Crippen molar-refractivity contribution in [2.45, 2.75) is 5.33 Å². The zero-order valence-corrected chi connectivity index (χ0v) is 11.4. The summed E-state index contributed by atoms with van der Waals surface area (Å²) in [5.74, 6) is -0.538. The Morgan fingerprint density at radius 2 is 2.19 bits per heavy atom. The number of rotatable bonds is 3. The average Bonchev–Trinajstić information content (AvgIpc) is 2.27. The average molecular weight is 353 g/mol. The Morgan fingerprint density at radius 3 is 2.62 bits per heavy atom. The molecular formula is C9H7Br2NO4. The molecule has 0 atom stereocenters. The molecule has 0 heterocycles. The molecule has 5 nitrogen and oxygen atoms in total. The van der Waals surface area contributed by atoms with Gasteiger partial charge in [0.15, 0.2) is 0 Å². The largest absolute Gasteiger partial charge is 0.465 e. The van der Waals surface area contributed by atoms with Crippen molar-refractivity contribution >= 4 is 43.5 Å². The standard InChI is InChI=1S/C9H7Br2NO4/c1-16-9(13)6-2-5(4-10)8(12(14)15)3-7(6)11/h2-3H,4H2,1H3. The predicted octanol–water partition coefficient (Wildman–Crippen LogP) is 3.04. The van der Waals surface area contributed by atoms with Crippen LogP contribution in [0.25, 0.3) is 0 Å². The molecule has 0 aliphatic carbocycles. The summed E-state index contributed by atoms with van der Waals surface area (Å²) in [4.78, 5) is 21.6. The van der Waals surface area contributed by atoms with Gasteiger partial charge in [-0.2, -0.15) is 0 Å². The summed E-state index contributed by atoms with van der Waals surface area (Å²) in [7, 11) is 1.25. The minimum absolute atomic E-state index is 0.0450. The fourth-order valence-corrected chi connectivity index (χ4v) is 2.09. The number of carbonyl (C=O) groups is 1. The molecule has 0 fully saturated rings. The number of carbonyl (C=O) groups excluding carboxylic acids is 1. The number of nitro benzene ring substituents is 1. The van der Waals surface area contributed by atoms with Crippen molar-refractivity contribution in [1.82, 2.24) is 0 Å². The van der Waals surface area contributed by atoms with Crippen LogP contribution in [0.2, 0.25) is 0 Å². The van der Waals surface area contributed by atoms with E-state index in [4.69, 9.17) is 0 Å². The summed E-state index contributed by atoms with van der Waals surface area (Å²) in [5.41, 5.74) is 0.646. The van der Waals surface area contributed by atoms with Gasteiger partial charge < -0.3 is 4.74 Å². The Balaban J connectivity index is 3.37. The van der Waals surface area contributed by atoms with E-state index in [1.165, 1.54) is 19.2 Å². The maximum Gasteiger partial charge on any atom is 0.339 e. The molecule has 7 heteroatoms. The number of halogens is 2. The van der Waals surface area contributed by atoms with Crippen molar-refractivity contribution in [3.63, 3.8) is 0 Å². The quantitative estimate of drug-likeness (QED) is 0.363. The van der Waals surface area contributed by atoms with Crippen molar-refractivity contribution in [1.29, 1.82) is 0 Å². The monoisotopic (exact) mass is 351 g/mol. The van der Waals surface area contributed by atoms with Crippen molar-refractivity contribution in [2.24, 2.45) is 0 Å². The first-order valence-corrected chi connectivity index (χ1v) is 6.03. The van der Waals surface area contributed by atoms with Gasteiger partial charge in [0.25, 0.3) is 5.69 Å². The van der Waals surface area contributed by atoms with E-state index < -0.39 is 10.9 Å². The van der Waals surface area contributed by atoms with Crippen LogP contribution in [0.15, 0.2) is 16.6 Å². The van der Waals surface area contributed by atoms with E-state index in [0.29, 0.717) is 15.4 Å². The molecule has 0 saturated carbocycles. The highest BCUT2D eigenvalue weighted by atomic mass is 79.9. The molecule has 0 aliphatic rings. The molecule has 0 spiro atoms. The van der Waals surface area contributed by atoms with E-state index in [0.717, 1.165) is 0 Å². The number of nitrogens with zero attached hydrogens (tertiary/aromatic N) is 1. The summed E-state index contributed by atoms with van der Waals surface area (Å²) in [6, 6.07) is 2.73. The van der Waals surface area contributed by atoms with E-state index in [1.54, 1.807) is 0 Å². The maximum atomic E-state index is 11.3. The van der Waals surface area contributed by atoms with Gasteiger partial charge in [0, 0.05) is 21.4 Å². The first kappa shape index (κ1) is 13.1. The van der Waals surface area contributed by atoms with Crippen LogP contribution in [0, 0.1) is 10.1 Å². The minimum Gasteiger partial charge on any atom is -0.465 e. The number of esters is 1. The fraction of sp³-hybridized carbons (Fsp3) is 0.222. The van der Waals surface area contributed by atoms with Gasteiger partial charge in [-0.05, 0) is 22.0 Å². The SMILES string of the molecule is COC(=O)c1cc(CBr)c([N+](=O)[O-])cc1Br. The molecule has 0 saturated heterocycles. The molecule has 1 aromatic carbocycles. The third-order valence-electron chi connectivity index (χ3n) is 1.91. The molecule has 1 aromatic rings. The van der Waals surface area contributed by atoms with Gasteiger partial charge in [-0.1, -0.05) is 15.9 Å². The van der Waals surface area contributed by atoms with Crippen molar-refractivity contribution in [2.75, 3.05) is 7.11 Å². The molecule has 0 bridgehead atoms. The topological polar surface area (TPSA) is 69.4 Å². The van der Waals surface area contributed by atoms with E-state index >= 15 is 0 Å². The van der Waals surface area contributed by atoms with Crippen LogP contribution in [0.5, 0.6) is 0 Å². The van der Waals surface area contributed by atoms with Crippen molar-refractivity contribution in [3.05, 3.63) is 37.8 Å². The number of benzene rings is 1. The summed E-state index contributed by atoms with van der Waals surface area (Å²) >= 11 is 6.23. The number of hydrogen-bond acceptors (Lipinski definition) is 4. The normalized spacial score (nSPS) is 9.94. The molecule has 0 radical (unpaired) electrons. The van der Waals surface area contributed by atoms with Gasteiger partial charge in [-0.3, -0.25) is 10.1 Å². The van der Waals surface area contributed by atoms with E-state index in [9.17, 15) is 14.9 Å². The lowest BCUT2D eigenvalue weighted by atomic mass is 10.1. The Morgan fingerprint density at radius 1 is 1.56 bits per heavy atom. The van der Waals surface area contributed by atoms with Crippen LogP contribution in [0.3, 0.4) is 0 Å². The van der Waals surface area contributed by atoms with Gasteiger partial charge in [-0.15, -0.1) is 0 Å². The third-order valence-corrected chi connectivity index (χ3v) is 3.17. The zero-order valence-electron chi connectivity index (χ0n) is 8.20. The first-order valence-electron chi connectivity index (χ1n) is 4.12. The van der Waals surface area contributed by atoms with Crippen LogP contribution in [-0.2, 0) is 10.1 Å². The molecule has 0 amide bonds. The Labute approximate surface area is 108 Å². The number of hydrogen-bond donors (Lipinski definition) is 0. The highest BCUT2D eigenvalue weighted by Gasteiger charge is 2.20. The summed E-state index contributed by atoms with van der Waals surface area (Å²) in [6.45, 7) is 0. The second-order valence-electron chi connectivity index (χ2n) is 2.84. The van der Waals surface area contributed by atoms with E-state index in [-0.39, 0.29) is 11.3 Å². The molecule has 0 N–H and O–H groups in total. The fourth-order valence-electron chi connectivity index (χ4n) is 1.15. The maximum absolute atomic E-state index is 11.3. The molecule has 0 aliphatic heterocycles. The molecule has 86 valence electrons. The van der Waals surface area contributed by atoms with Gasteiger partial charge in [0.2, 0.25) is 0 Å². The first-order chi connectivity index (χ1) is 7.51. The van der Waals surface area contributed by atoms with E-state index in [2.05, 4.69) is 36.6 Å². The summed E-state index contributed by atoms with van der Waals surface area (Å²) in [5, 5.41) is 11.0. The van der Waals surface area contributed by atoms with Gasteiger partial charge in [-0.25, -0.2) is 4.79 Å². The van der Waals surface area contributed by atoms with Gasteiger partial charge in [0.05, 0.1) is 17.6 Å². The predicted molar refractivity (Wildman–Crippen MR) is 64.8 cm³/mol. The van der Waals surface area contributed by atoms with Crippen LogP contribution in [-0.4, -0.2) is 18.0 Å². The number of nitro groups is 1. The number of alkyl halides is 1. The Bertz CT molecular complexity index is 447. The highest BCUT2D eigenvalue weighted by Crippen LogP contribution is 2.29. The second kappa shape index (κ2) is 5.40. The lowest BCUT2D eigenvalue weighted by Gasteiger charge is -2.05.